The van der Waals surface area contributed by atoms with E-state index in [0.29, 0.717) is 11.2 Å². The second-order valence-electron chi connectivity index (χ2n) is 5.71. The first-order valence-corrected chi connectivity index (χ1v) is 7.23. The highest BCUT2D eigenvalue weighted by Crippen LogP contribution is 2.34. The average Bonchev–Trinajstić information content (AvgIpc) is 3.11. The maximum Gasteiger partial charge on any atom is 0.433 e. The third kappa shape index (κ3) is 2.21. The van der Waals surface area contributed by atoms with Gasteiger partial charge in [-0.1, -0.05) is 6.07 Å². The molecule has 1 N–H and O–H groups in total. The number of hydrogen-bond acceptors (Lipinski definition) is 3. The Labute approximate surface area is 129 Å². The molecule has 1 unspecified atom stereocenters. The summed E-state index contributed by atoms with van der Waals surface area (Å²) >= 11 is 0. The van der Waals surface area contributed by atoms with Crippen LogP contribution in [0, 0.1) is 0 Å². The lowest BCUT2D eigenvalue weighted by molar-refractivity contribution is -0.142. The predicted molar refractivity (Wildman–Crippen MR) is 77.0 cm³/mol. The van der Waals surface area contributed by atoms with Gasteiger partial charge in [0.25, 0.3) is 0 Å². The van der Waals surface area contributed by atoms with Gasteiger partial charge in [-0.25, -0.2) is 9.50 Å². The zero-order valence-electron chi connectivity index (χ0n) is 12.3. The summed E-state index contributed by atoms with van der Waals surface area (Å²) in [6.07, 6.45) is -1.99. The van der Waals surface area contributed by atoms with Crippen molar-refractivity contribution < 1.29 is 13.2 Å². The monoisotopic (exact) mass is 321 g/mol. The van der Waals surface area contributed by atoms with Crippen molar-refractivity contribution in [2.45, 2.75) is 18.6 Å². The molecule has 1 atom stereocenters. The van der Waals surface area contributed by atoms with Crippen molar-refractivity contribution in [1.82, 2.24) is 24.5 Å². The van der Waals surface area contributed by atoms with Gasteiger partial charge in [-0.3, -0.25) is 4.90 Å². The molecule has 23 heavy (non-hydrogen) atoms. The van der Waals surface area contributed by atoms with E-state index < -0.39 is 11.9 Å². The standard InChI is InChI=1S/C15H14F3N5/c1-22-6-5-10-13(20-8-19-10)14(22)11-7-9-3-2-4-12(15(16,17)18)23(9)21-11/h2-4,7-8,14H,5-6H2,1H3,(H,19,20). The molecule has 5 nitrogen and oxygen atoms in total. The minimum Gasteiger partial charge on any atom is -0.348 e. The number of hydrogen-bond donors (Lipinski definition) is 1. The summed E-state index contributed by atoms with van der Waals surface area (Å²) in [5, 5.41) is 4.23. The average molecular weight is 321 g/mol. The Hall–Kier alpha value is -2.35. The highest BCUT2D eigenvalue weighted by atomic mass is 19.4. The number of aromatic amines is 1. The number of nitrogens with zero attached hydrogens (tertiary/aromatic N) is 4. The maximum atomic E-state index is 13.1. The number of nitrogens with one attached hydrogen (secondary N) is 1. The highest BCUT2D eigenvalue weighted by molar-refractivity contribution is 5.50. The van der Waals surface area contributed by atoms with Gasteiger partial charge >= 0.3 is 6.18 Å². The van der Waals surface area contributed by atoms with Gasteiger partial charge in [0, 0.05) is 18.7 Å². The normalized spacial score (nSPS) is 19.2. The van der Waals surface area contributed by atoms with Gasteiger partial charge < -0.3 is 4.98 Å². The van der Waals surface area contributed by atoms with Crippen LogP contribution in [0.15, 0.2) is 30.6 Å². The molecular formula is C15H14F3N5. The number of fused-ring (bicyclic) bond motifs is 2. The van der Waals surface area contributed by atoms with Crippen molar-refractivity contribution in [3.8, 4) is 0 Å². The molecule has 0 radical (unpaired) electrons. The SMILES string of the molecule is CN1CCc2[nH]cnc2C1c1cc2cccc(C(F)(F)F)n2n1. The fraction of sp³-hybridized carbons (Fsp3) is 0.333. The van der Waals surface area contributed by atoms with E-state index in [-0.39, 0.29) is 6.04 Å². The lowest BCUT2D eigenvalue weighted by Gasteiger charge is -2.30. The largest absolute Gasteiger partial charge is 0.433 e. The van der Waals surface area contributed by atoms with Crippen LogP contribution in [0.3, 0.4) is 0 Å². The Morgan fingerprint density at radius 1 is 1.30 bits per heavy atom. The number of imidazole rings is 1. The van der Waals surface area contributed by atoms with Gasteiger partial charge in [0.2, 0.25) is 0 Å². The topological polar surface area (TPSA) is 49.2 Å². The first kappa shape index (κ1) is 14.3. The molecule has 8 heteroatoms. The first-order chi connectivity index (χ1) is 10.9. The summed E-state index contributed by atoms with van der Waals surface area (Å²) in [6, 6.07) is 5.51. The minimum absolute atomic E-state index is 0.244. The number of likely N-dealkylation sites (N-methyl/N-ethyl adjacent to an activating group) is 1. The number of rotatable bonds is 1. The molecule has 3 aromatic heterocycles. The number of alkyl halides is 3. The second kappa shape index (κ2) is 4.82. The summed E-state index contributed by atoms with van der Waals surface area (Å²) in [4.78, 5) is 9.49. The van der Waals surface area contributed by atoms with E-state index in [1.165, 1.54) is 6.07 Å². The molecule has 1 aliphatic rings. The van der Waals surface area contributed by atoms with Gasteiger partial charge in [-0.2, -0.15) is 18.3 Å². The van der Waals surface area contributed by atoms with Crippen LogP contribution in [0.4, 0.5) is 13.2 Å². The van der Waals surface area contributed by atoms with Crippen LogP contribution >= 0.6 is 0 Å². The molecule has 0 aromatic carbocycles. The molecule has 0 bridgehead atoms. The van der Waals surface area contributed by atoms with Gasteiger partial charge in [0.05, 0.1) is 29.3 Å². The fourth-order valence-corrected chi connectivity index (χ4v) is 3.14. The van der Waals surface area contributed by atoms with E-state index in [1.54, 1.807) is 18.5 Å². The Kier molecular flexibility index (Phi) is 2.99. The summed E-state index contributed by atoms with van der Waals surface area (Å²) in [6.45, 7) is 0.792. The molecule has 3 aromatic rings. The van der Waals surface area contributed by atoms with Crippen LogP contribution in [0.5, 0.6) is 0 Å². The van der Waals surface area contributed by atoms with E-state index in [9.17, 15) is 13.2 Å². The molecule has 4 heterocycles. The van der Waals surface area contributed by atoms with Crippen LogP contribution in [-0.4, -0.2) is 38.1 Å². The minimum atomic E-state index is -4.45. The maximum absolute atomic E-state index is 13.1. The van der Waals surface area contributed by atoms with E-state index in [0.717, 1.165) is 34.9 Å². The zero-order valence-corrected chi connectivity index (χ0v) is 12.3. The van der Waals surface area contributed by atoms with Crippen molar-refractivity contribution in [3.63, 3.8) is 0 Å². The predicted octanol–water partition coefficient (Wildman–Crippen LogP) is 2.65. The van der Waals surface area contributed by atoms with Crippen LogP contribution in [0.25, 0.3) is 5.52 Å². The van der Waals surface area contributed by atoms with Crippen molar-refractivity contribution >= 4 is 5.52 Å². The number of halogens is 3. The van der Waals surface area contributed by atoms with Crippen LogP contribution < -0.4 is 0 Å². The summed E-state index contributed by atoms with van der Waals surface area (Å²) in [7, 11) is 1.93. The quantitative estimate of drug-likeness (QED) is 0.750. The van der Waals surface area contributed by atoms with Crippen LogP contribution in [0.1, 0.15) is 28.8 Å². The lowest BCUT2D eigenvalue weighted by Crippen LogP contribution is -2.33. The van der Waals surface area contributed by atoms with E-state index in [2.05, 4.69) is 20.0 Å². The van der Waals surface area contributed by atoms with Gasteiger partial charge in [-0.05, 0) is 25.2 Å². The number of aromatic nitrogens is 4. The van der Waals surface area contributed by atoms with Crippen molar-refractivity contribution in [2.24, 2.45) is 0 Å². The molecule has 0 aliphatic carbocycles. The van der Waals surface area contributed by atoms with Crippen molar-refractivity contribution in [2.75, 3.05) is 13.6 Å². The molecular weight excluding hydrogens is 307 g/mol. The lowest BCUT2D eigenvalue weighted by atomic mass is 10.0. The molecule has 0 saturated heterocycles. The Morgan fingerprint density at radius 2 is 2.13 bits per heavy atom. The summed E-state index contributed by atoms with van der Waals surface area (Å²) in [5.74, 6) is 0. The molecule has 0 fully saturated rings. The third-order valence-electron chi connectivity index (χ3n) is 4.24. The Bertz CT molecular complexity index is 863. The van der Waals surface area contributed by atoms with Gasteiger partial charge in [-0.15, -0.1) is 0 Å². The Morgan fingerprint density at radius 3 is 2.91 bits per heavy atom. The van der Waals surface area contributed by atoms with Gasteiger partial charge in [0.1, 0.15) is 5.69 Å². The number of H-pyrrole nitrogens is 1. The third-order valence-corrected chi connectivity index (χ3v) is 4.24. The van der Waals surface area contributed by atoms with E-state index in [1.807, 2.05) is 7.05 Å². The van der Waals surface area contributed by atoms with Crippen molar-refractivity contribution in [1.29, 1.82) is 0 Å². The summed E-state index contributed by atoms with van der Waals surface area (Å²) < 4.78 is 40.4. The zero-order chi connectivity index (χ0) is 16.2. The van der Waals surface area contributed by atoms with Crippen LogP contribution in [0.2, 0.25) is 0 Å². The van der Waals surface area contributed by atoms with E-state index >= 15 is 0 Å². The van der Waals surface area contributed by atoms with Crippen molar-refractivity contribution in [3.05, 3.63) is 53.4 Å². The van der Waals surface area contributed by atoms with Crippen LogP contribution in [-0.2, 0) is 12.6 Å². The number of pyridine rings is 1. The molecule has 4 rings (SSSR count). The molecule has 1 aliphatic heterocycles. The fourth-order valence-electron chi connectivity index (χ4n) is 3.14. The van der Waals surface area contributed by atoms with E-state index in [4.69, 9.17) is 0 Å². The smallest absolute Gasteiger partial charge is 0.348 e. The Balaban J connectivity index is 1.88. The molecule has 0 amide bonds. The molecule has 0 saturated carbocycles. The first-order valence-electron chi connectivity index (χ1n) is 7.23. The second-order valence-corrected chi connectivity index (χ2v) is 5.71. The van der Waals surface area contributed by atoms with Gasteiger partial charge in [0.15, 0.2) is 0 Å². The molecule has 120 valence electrons. The molecule has 0 spiro atoms. The highest BCUT2D eigenvalue weighted by Gasteiger charge is 2.35. The summed E-state index contributed by atoms with van der Waals surface area (Å²) in [5.41, 5.74) is 2.06.